The molecular formula is C19H19F3N2O4. The Bertz CT molecular complexity index is 889. The van der Waals surface area contributed by atoms with Crippen LogP contribution < -0.4 is 5.32 Å². The van der Waals surface area contributed by atoms with Crippen LogP contribution >= 0.6 is 0 Å². The normalized spacial score (nSPS) is 11.8. The molecule has 0 saturated heterocycles. The van der Waals surface area contributed by atoms with Crippen LogP contribution in [-0.2, 0) is 17.5 Å². The average Bonchev–Trinajstić information content (AvgIpc) is 2.57. The Morgan fingerprint density at radius 1 is 1.18 bits per heavy atom. The van der Waals surface area contributed by atoms with E-state index in [-0.39, 0.29) is 23.2 Å². The van der Waals surface area contributed by atoms with Crippen LogP contribution in [0.4, 0.5) is 18.0 Å². The molecule has 1 amide bonds. The van der Waals surface area contributed by atoms with Crippen molar-refractivity contribution < 1.29 is 32.6 Å². The number of carboxylic acids is 1. The summed E-state index contributed by atoms with van der Waals surface area (Å²) >= 11 is 0. The molecular weight excluding hydrogens is 377 g/mol. The highest BCUT2D eigenvalue weighted by molar-refractivity contribution is 5.90. The minimum Gasteiger partial charge on any atom is -0.478 e. The van der Waals surface area contributed by atoms with Gasteiger partial charge in [-0.05, 0) is 56.2 Å². The van der Waals surface area contributed by atoms with Crippen molar-refractivity contribution in [2.24, 2.45) is 0 Å². The second-order valence-electron chi connectivity index (χ2n) is 6.98. The molecule has 0 aliphatic rings. The molecule has 0 unspecified atom stereocenters. The molecule has 6 nitrogen and oxygen atoms in total. The van der Waals surface area contributed by atoms with Crippen LogP contribution in [0.1, 0.15) is 42.4 Å². The lowest BCUT2D eigenvalue weighted by Gasteiger charge is -2.20. The first-order valence-corrected chi connectivity index (χ1v) is 8.23. The van der Waals surface area contributed by atoms with Crippen LogP contribution in [-0.4, -0.2) is 27.8 Å². The Hall–Kier alpha value is -3.10. The molecule has 28 heavy (non-hydrogen) atoms. The summed E-state index contributed by atoms with van der Waals surface area (Å²) < 4.78 is 44.8. The summed E-state index contributed by atoms with van der Waals surface area (Å²) in [5.41, 5.74) is -1.98. The molecule has 0 saturated carbocycles. The predicted octanol–water partition coefficient (Wildman–Crippen LogP) is 4.49. The number of amides is 1. The smallest absolute Gasteiger partial charge is 0.433 e. The number of pyridine rings is 1. The standard InChI is InChI=1S/C19H19F3N2O4/c1-18(2,3)28-17(27)24-10-11-7-12(9-13(8-11)16(25)26)14-5-4-6-23-15(14)19(20,21)22/h4-9H,10H2,1-3H3,(H,24,27)(H,25,26). The number of halogens is 3. The average molecular weight is 396 g/mol. The number of nitrogens with zero attached hydrogens (tertiary/aromatic N) is 1. The number of rotatable bonds is 4. The van der Waals surface area contributed by atoms with Crippen molar-refractivity contribution >= 4 is 12.1 Å². The Morgan fingerprint density at radius 3 is 2.43 bits per heavy atom. The van der Waals surface area contributed by atoms with E-state index in [0.29, 0.717) is 5.56 Å². The summed E-state index contributed by atoms with van der Waals surface area (Å²) in [6.45, 7) is 4.91. The molecule has 0 aliphatic heterocycles. The van der Waals surface area contributed by atoms with E-state index >= 15 is 0 Å². The van der Waals surface area contributed by atoms with E-state index in [2.05, 4.69) is 10.3 Å². The van der Waals surface area contributed by atoms with Crippen molar-refractivity contribution in [3.8, 4) is 11.1 Å². The van der Waals surface area contributed by atoms with Gasteiger partial charge in [0.1, 0.15) is 5.60 Å². The lowest BCUT2D eigenvalue weighted by Crippen LogP contribution is -2.32. The maximum atomic E-state index is 13.3. The molecule has 1 aromatic carbocycles. The number of carboxylic acid groups (broad SMARTS) is 1. The van der Waals surface area contributed by atoms with Gasteiger partial charge in [-0.2, -0.15) is 13.2 Å². The van der Waals surface area contributed by atoms with Gasteiger partial charge in [0.2, 0.25) is 0 Å². The molecule has 0 fully saturated rings. The maximum absolute atomic E-state index is 13.3. The van der Waals surface area contributed by atoms with Gasteiger partial charge in [0.05, 0.1) is 5.56 Å². The highest BCUT2D eigenvalue weighted by atomic mass is 19.4. The number of ether oxygens (including phenoxy) is 1. The van der Waals surface area contributed by atoms with Crippen LogP contribution in [0.2, 0.25) is 0 Å². The lowest BCUT2D eigenvalue weighted by atomic mass is 9.98. The number of alkyl carbamates (subject to hydrolysis) is 1. The first-order valence-electron chi connectivity index (χ1n) is 8.23. The Balaban J connectivity index is 2.40. The van der Waals surface area contributed by atoms with Crippen molar-refractivity contribution in [1.29, 1.82) is 0 Å². The predicted molar refractivity (Wildman–Crippen MR) is 94.7 cm³/mol. The minimum absolute atomic E-state index is 0.0290. The molecule has 2 rings (SSSR count). The summed E-state index contributed by atoms with van der Waals surface area (Å²) in [6, 6.07) is 6.31. The number of hydrogen-bond donors (Lipinski definition) is 2. The van der Waals surface area contributed by atoms with Crippen molar-refractivity contribution in [2.45, 2.75) is 39.1 Å². The molecule has 0 bridgehead atoms. The SMILES string of the molecule is CC(C)(C)OC(=O)NCc1cc(C(=O)O)cc(-c2cccnc2C(F)(F)F)c1. The third kappa shape index (κ3) is 5.70. The molecule has 2 aromatic rings. The topological polar surface area (TPSA) is 88.5 Å². The van der Waals surface area contributed by atoms with Crippen molar-refractivity contribution in [1.82, 2.24) is 10.3 Å². The monoisotopic (exact) mass is 396 g/mol. The molecule has 0 radical (unpaired) electrons. The van der Waals surface area contributed by atoms with Crippen molar-refractivity contribution in [3.05, 3.63) is 53.3 Å². The number of aromatic nitrogens is 1. The fraction of sp³-hybridized carbons (Fsp3) is 0.316. The summed E-state index contributed by atoms with van der Waals surface area (Å²) in [6.07, 6.45) is -4.42. The number of hydrogen-bond acceptors (Lipinski definition) is 4. The van der Waals surface area contributed by atoms with Gasteiger partial charge >= 0.3 is 18.2 Å². The zero-order valence-corrected chi connectivity index (χ0v) is 15.4. The lowest BCUT2D eigenvalue weighted by molar-refractivity contribution is -0.140. The fourth-order valence-corrected chi connectivity index (χ4v) is 2.43. The molecule has 9 heteroatoms. The third-order valence-electron chi connectivity index (χ3n) is 3.46. The summed E-state index contributed by atoms with van der Waals surface area (Å²) in [5.74, 6) is -1.31. The van der Waals surface area contributed by atoms with E-state index in [9.17, 15) is 27.9 Å². The van der Waals surface area contributed by atoms with Crippen molar-refractivity contribution in [2.75, 3.05) is 0 Å². The van der Waals surface area contributed by atoms with Gasteiger partial charge in [0.25, 0.3) is 0 Å². The van der Waals surface area contributed by atoms with Crippen molar-refractivity contribution in [3.63, 3.8) is 0 Å². The highest BCUT2D eigenvalue weighted by Crippen LogP contribution is 2.36. The second-order valence-corrected chi connectivity index (χ2v) is 6.98. The van der Waals surface area contributed by atoms with Gasteiger partial charge < -0.3 is 15.2 Å². The molecule has 1 heterocycles. The quantitative estimate of drug-likeness (QED) is 0.795. The molecule has 0 spiro atoms. The van der Waals surface area contributed by atoms with E-state index in [4.69, 9.17) is 4.74 Å². The summed E-state index contributed by atoms with van der Waals surface area (Å²) in [5, 5.41) is 11.7. The number of benzene rings is 1. The van der Waals surface area contributed by atoms with Crippen LogP contribution in [0.3, 0.4) is 0 Å². The van der Waals surface area contributed by atoms with Crippen LogP contribution in [0.25, 0.3) is 11.1 Å². The number of carbonyl (C=O) groups is 2. The van der Waals surface area contributed by atoms with Crippen LogP contribution in [0, 0.1) is 0 Å². The van der Waals surface area contributed by atoms with E-state index in [0.717, 1.165) is 12.3 Å². The van der Waals surface area contributed by atoms with Gasteiger partial charge in [-0.3, -0.25) is 4.98 Å². The molecule has 0 atom stereocenters. The number of aromatic carboxylic acids is 1. The molecule has 150 valence electrons. The number of alkyl halides is 3. The van der Waals surface area contributed by atoms with Gasteiger partial charge in [0.15, 0.2) is 5.69 Å². The summed E-state index contributed by atoms with van der Waals surface area (Å²) in [7, 11) is 0. The van der Waals surface area contributed by atoms with E-state index in [1.54, 1.807) is 20.8 Å². The third-order valence-corrected chi connectivity index (χ3v) is 3.46. The van der Waals surface area contributed by atoms with E-state index in [1.165, 1.54) is 24.3 Å². The zero-order chi connectivity index (χ0) is 21.1. The zero-order valence-electron chi connectivity index (χ0n) is 15.4. The number of carbonyl (C=O) groups excluding carboxylic acids is 1. The Labute approximate surface area is 159 Å². The molecule has 2 N–H and O–H groups in total. The first-order chi connectivity index (χ1) is 12.9. The highest BCUT2D eigenvalue weighted by Gasteiger charge is 2.35. The van der Waals surface area contributed by atoms with Crippen LogP contribution in [0.15, 0.2) is 36.5 Å². The van der Waals surface area contributed by atoms with Crippen LogP contribution in [0.5, 0.6) is 0 Å². The Morgan fingerprint density at radius 2 is 1.86 bits per heavy atom. The summed E-state index contributed by atoms with van der Waals surface area (Å²) in [4.78, 5) is 26.6. The van der Waals surface area contributed by atoms with E-state index < -0.39 is 29.5 Å². The van der Waals surface area contributed by atoms with Gasteiger partial charge in [0, 0.05) is 18.3 Å². The van der Waals surface area contributed by atoms with E-state index in [1.807, 2.05) is 0 Å². The van der Waals surface area contributed by atoms with Gasteiger partial charge in [-0.25, -0.2) is 9.59 Å². The molecule has 0 aliphatic carbocycles. The minimum atomic E-state index is -4.70. The van der Waals surface area contributed by atoms with Gasteiger partial charge in [-0.1, -0.05) is 6.07 Å². The second kappa shape index (κ2) is 7.87. The maximum Gasteiger partial charge on any atom is 0.433 e. The number of nitrogens with one attached hydrogen (secondary N) is 1. The molecule has 1 aromatic heterocycles. The fourth-order valence-electron chi connectivity index (χ4n) is 2.43. The van der Waals surface area contributed by atoms with Gasteiger partial charge in [-0.15, -0.1) is 0 Å². The largest absolute Gasteiger partial charge is 0.478 e. The first kappa shape index (κ1) is 21.2. The Kier molecular flexibility index (Phi) is 5.96.